The van der Waals surface area contributed by atoms with Crippen LogP contribution in [0.1, 0.15) is 39.0 Å². The summed E-state index contributed by atoms with van der Waals surface area (Å²) in [6.07, 6.45) is 4.03. The van der Waals surface area contributed by atoms with Gasteiger partial charge >= 0.3 is 12.1 Å². The van der Waals surface area contributed by atoms with Gasteiger partial charge in [0, 0.05) is 36.9 Å². The topological polar surface area (TPSA) is 102 Å². The van der Waals surface area contributed by atoms with Crippen LogP contribution in [0, 0.1) is 5.92 Å². The van der Waals surface area contributed by atoms with Crippen molar-refractivity contribution in [2.45, 2.75) is 44.6 Å². The molecule has 10 heteroatoms. The van der Waals surface area contributed by atoms with E-state index in [1.165, 1.54) is 0 Å². The van der Waals surface area contributed by atoms with Crippen molar-refractivity contribution in [2.75, 3.05) is 38.0 Å². The zero-order valence-electron chi connectivity index (χ0n) is 18.8. The number of carbonyl (C=O) groups excluding carboxylic acids is 4. The van der Waals surface area contributed by atoms with E-state index in [9.17, 15) is 19.2 Å². The van der Waals surface area contributed by atoms with Gasteiger partial charge in [0.2, 0.25) is 5.91 Å². The highest BCUT2D eigenvalue weighted by Crippen LogP contribution is 2.38. The first-order valence-electron chi connectivity index (χ1n) is 11.5. The van der Waals surface area contributed by atoms with Crippen LogP contribution in [0.2, 0.25) is 5.02 Å². The maximum Gasteiger partial charge on any atom is 0.325 e. The molecule has 2 atom stereocenters. The van der Waals surface area contributed by atoms with Gasteiger partial charge in [-0.2, -0.15) is 0 Å². The largest absolute Gasteiger partial charge is 0.339 e. The van der Waals surface area contributed by atoms with Gasteiger partial charge in [-0.25, -0.2) is 9.59 Å². The fourth-order valence-corrected chi connectivity index (χ4v) is 5.20. The number of amides is 6. The smallest absolute Gasteiger partial charge is 0.325 e. The number of rotatable bonds is 3. The summed E-state index contributed by atoms with van der Waals surface area (Å²) in [6.45, 7) is 3.38. The number of hydrogen-bond acceptors (Lipinski definition) is 4. The number of carbonyl (C=O) groups is 4. The highest BCUT2D eigenvalue weighted by atomic mass is 35.5. The molecule has 1 saturated carbocycles. The summed E-state index contributed by atoms with van der Waals surface area (Å²) in [5.41, 5.74) is -0.266. The Balaban J connectivity index is 1.34. The summed E-state index contributed by atoms with van der Waals surface area (Å²) in [5, 5.41) is 6.24. The maximum atomic E-state index is 13.1. The zero-order valence-corrected chi connectivity index (χ0v) is 19.6. The van der Waals surface area contributed by atoms with Crippen LogP contribution < -0.4 is 10.6 Å². The van der Waals surface area contributed by atoms with E-state index in [4.69, 9.17) is 11.6 Å². The molecule has 6 amide bonds. The number of benzene rings is 1. The zero-order chi connectivity index (χ0) is 23.6. The molecule has 3 fully saturated rings. The van der Waals surface area contributed by atoms with Gasteiger partial charge in [-0.15, -0.1) is 0 Å². The average Bonchev–Trinajstić information content (AvgIpc) is 2.95. The predicted molar refractivity (Wildman–Crippen MR) is 124 cm³/mol. The van der Waals surface area contributed by atoms with Crippen LogP contribution in [-0.2, 0) is 9.59 Å². The van der Waals surface area contributed by atoms with Crippen LogP contribution in [0.25, 0.3) is 0 Å². The Morgan fingerprint density at radius 3 is 2.64 bits per heavy atom. The second-order valence-corrected chi connectivity index (χ2v) is 9.54. The Bertz CT molecular complexity index is 957. The van der Waals surface area contributed by atoms with Crippen LogP contribution in [-0.4, -0.2) is 76.8 Å². The quantitative estimate of drug-likeness (QED) is 0.656. The molecular formula is C23H30ClN5O4. The Morgan fingerprint density at radius 2 is 1.88 bits per heavy atom. The predicted octanol–water partition coefficient (Wildman–Crippen LogP) is 2.91. The van der Waals surface area contributed by atoms with Crippen molar-refractivity contribution < 1.29 is 19.2 Å². The summed E-state index contributed by atoms with van der Waals surface area (Å²) >= 11 is 5.97. The third-order valence-electron chi connectivity index (χ3n) is 7.01. The van der Waals surface area contributed by atoms with Gasteiger partial charge in [0.15, 0.2) is 0 Å². The summed E-state index contributed by atoms with van der Waals surface area (Å²) in [6, 6.07) is 6.18. The molecule has 2 aliphatic heterocycles. The first kappa shape index (κ1) is 23.4. The molecule has 1 aliphatic carbocycles. The van der Waals surface area contributed by atoms with Crippen molar-refractivity contribution >= 4 is 41.2 Å². The lowest BCUT2D eigenvalue weighted by molar-refractivity contribution is -0.140. The lowest BCUT2D eigenvalue weighted by Crippen LogP contribution is -2.54. The van der Waals surface area contributed by atoms with Gasteiger partial charge in [0.05, 0.1) is 0 Å². The van der Waals surface area contributed by atoms with Crippen molar-refractivity contribution in [3.63, 3.8) is 0 Å². The second kappa shape index (κ2) is 9.59. The molecule has 33 heavy (non-hydrogen) atoms. The number of hydrogen-bond donors (Lipinski definition) is 2. The van der Waals surface area contributed by atoms with E-state index < -0.39 is 11.6 Å². The summed E-state index contributed by atoms with van der Waals surface area (Å²) in [7, 11) is 0. The first-order chi connectivity index (χ1) is 15.8. The minimum Gasteiger partial charge on any atom is -0.339 e. The van der Waals surface area contributed by atoms with Gasteiger partial charge in [-0.05, 0) is 43.4 Å². The lowest BCUT2D eigenvalue weighted by atomic mass is 9.73. The Kier molecular flexibility index (Phi) is 6.78. The van der Waals surface area contributed by atoms with Crippen LogP contribution >= 0.6 is 11.6 Å². The first-order valence-corrected chi connectivity index (χ1v) is 11.9. The normalized spacial score (nSPS) is 25.8. The molecule has 2 heterocycles. The summed E-state index contributed by atoms with van der Waals surface area (Å²) < 4.78 is 0. The summed E-state index contributed by atoms with van der Waals surface area (Å²) in [4.78, 5) is 55.7. The third-order valence-corrected chi connectivity index (χ3v) is 7.24. The van der Waals surface area contributed by atoms with Crippen LogP contribution in [0.5, 0.6) is 0 Å². The monoisotopic (exact) mass is 475 g/mol. The summed E-state index contributed by atoms with van der Waals surface area (Å²) in [5.74, 6) is -0.519. The standard InChI is InChI=1S/C23H30ClN5O4/c1-16-6-2-3-9-23(16)20(31)29(22(33)26-23)15-19(30)27-10-5-11-28(13-12-27)21(32)25-18-8-4-7-17(24)14-18/h4,7-8,14,16H,2-3,5-6,9-13,15H2,1H3,(H,25,32)(H,26,33). The number of imide groups is 1. The van der Waals surface area contributed by atoms with Crippen molar-refractivity contribution in [3.8, 4) is 0 Å². The van der Waals surface area contributed by atoms with Gasteiger partial charge in [0.25, 0.3) is 5.91 Å². The van der Waals surface area contributed by atoms with Gasteiger partial charge in [-0.1, -0.05) is 37.4 Å². The molecule has 2 N–H and O–H groups in total. The Morgan fingerprint density at radius 1 is 1.12 bits per heavy atom. The van der Waals surface area contributed by atoms with Gasteiger partial charge < -0.3 is 20.4 Å². The van der Waals surface area contributed by atoms with E-state index in [0.717, 1.165) is 24.2 Å². The van der Waals surface area contributed by atoms with Crippen LogP contribution in [0.15, 0.2) is 24.3 Å². The van der Waals surface area contributed by atoms with E-state index in [-0.39, 0.29) is 30.3 Å². The number of urea groups is 2. The molecule has 178 valence electrons. The minimum absolute atomic E-state index is 0.0487. The lowest BCUT2D eigenvalue weighted by Gasteiger charge is -2.36. The molecular weight excluding hydrogens is 446 g/mol. The van der Waals surface area contributed by atoms with Crippen molar-refractivity contribution in [3.05, 3.63) is 29.3 Å². The molecule has 4 rings (SSSR count). The number of halogens is 1. The van der Waals surface area contributed by atoms with Gasteiger partial charge in [-0.3, -0.25) is 14.5 Å². The molecule has 9 nitrogen and oxygen atoms in total. The van der Waals surface area contributed by atoms with E-state index in [2.05, 4.69) is 10.6 Å². The Labute approximate surface area is 198 Å². The minimum atomic E-state index is -0.871. The highest BCUT2D eigenvalue weighted by Gasteiger charge is 2.55. The molecule has 2 unspecified atom stereocenters. The van der Waals surface area contributed by atoms with Gasteiger partial charge in [0.1, 0.15) is 12.1 Å². The van der Waals surface area contributed by atoms with E-state index >= 15 is 0 Å². The highest BCUT2D eigenvalue weighted by molar-refractivity contribution is 6.30. The molecule has 1 aromatic rings. The average molecular weight is 476 g/mol. The number of anilines is 1. The van der Waals surface area contributed by atoms with E-state index in [0.29, 0.717) is 49.7 Å². The maximum absolute atomic E-state index is 13.1. The number of nitrogens with one attached hydrogen (secondary N) is 2. The molecule has 1 aromatic carbocycles. The van der Waals surface area contributed by atoms with Crippen molar-refractivity contribution in [1.82, 2.24) is 20.0 Å². The number of nitrogens with zero attached hydrogens (tertiary/aromatic N) is 3. The molecule has 3 aliphatic rings. The Hall–Kier alpha value is -2.81. The van der Waals surface area contributed by atoms with E-state index in [1.54, 1.807) is 34.1 Å². The van der Waals surface area contributed by atoms with Crippen molar-refractivity contribution in [1.29, 1.82) is 0 Å². The van der Waals surface area contributed by atoms with Crippen LogP contribution in [0.3, 0.4) is 0 Å². The molecule has 1 spiro atoms. The van der Waals surface area contributed by atoms with E-state index in [1.807, 2.05) is 6.92 Å². The van der Waals surface area contributed by atoms with Crippen LogP contribution in [0.4, 0.5) is 15.3 Å². The second-order valence-electron chi connectivity index (χ2n) is 9.10. The fourth-order valence-electron chi connectivity index (χ4n) is 5.01. The molecule has 2 saturated heterocycles. The molecule has 0 aromatic heterocycles. The fraction of sp³-hybridized carbons (Fsp3) is 0.565. The molecule has 0 radical (unpaired) electrons. The SMILES string of the molecule is CC1CCCCC12NC(=O)N(CC(=O)N1CCCN(C(=O)Nc3cccc(Cl)c3)CC1)C2=O. The molecule has 0 bridgehead atoms. The third kappa shape index (κ3) is 4.78. The van der Waals surface area contributed by atoms with Crippen molar-refractivity contribution in [2.24, 2.45) is 5.92 Å².